The zero-order valence-corrected chi connectivity index (χ0v) is 9.06. The first kappa shape index (κ1) is 9.34. The van der Waals surface area contributed by atoms with Gasteiger partial charge in [-0.15, -0.1) is 0 Å². The molecule has 0 atom stereocenters. The van der Waals surface area contributed by atoms with Crippen molar-refractivity contribution < 1.29 is 0 Å². The number of hydrogen-bond acceptors (Lipinski definition) is 1. The van der Waals surface area contributed by atoms with E-state index < -0.39 is 0 Å². The average Bonchev–Trinajstić information content (AvgIpc) is 2.39. The third-order valence-electron chi connectivity index (χ3n) is 3.02. The Labute approximate surface area is 95.5 Å². The standard InChI is InChI=1S/C15H13N/c1-2-6-12(7-3-1)15-10-13-8-4-5-9-14(13)11-16-15/h1-9H,10-11H2. The predicted molar refractivity (Wildman–Crippen MR) is 66.8 cm³/mol. The molecule has 0 spiro atoms. The van der Waals surface area contributed by atoms with Gasteiger partial charge in [0.1, 0.15) is 0 Å². The second-order valence-electron chi connectivity index (χ2n) is 4.07. The minimum absolute atomic E-state index is 0.820. The van der Waals surface area contributed by atoms with Crippen LogP contribution in [-0.4, -0.2) is 5.71 Å². The SMILES string of the molecule is c1ccc(C2=NCc3ccccc3C2)cc1. The summed E-state index contributed by atoms with van der Waals surface area (Å²) >= 11 is 0. The molecule has 0 fully saturated rings. The van der Waals surface area contributed by atoms with Crippen molar-refractivity contribution in [3.05, 3.63) is 71.3 Å². The van der Waals surface area contributed by atoms with Crippen molar-refractivity contribution in [1.29, 1.82) is 0 Å². The Bertz CT molecular complexity index is 526. The molecule has 1 aliphatic rings. The number of aliphatic imine (C=N–C) groups is 1. The van der Waals surface area contributed by atoms with E-state index in [4.69, 9.17) is 0 Å². The summed E-state index contributed by atoms with van der Waals surface area (Å²) in [4.78, 5) is 4.66. The van der Waals surface area contributed by atoms with E-state index in [0.717, 1.165) is 13.0 Å². The van der Waals surface area contributed by atoms with Crippen molar-refractivity contribution in [3.63, 3.8) is 0 Å². The van der Waals surface area contributed by atoms with E-state index in [0.29, 0.717) is 0 Å². The lowest BCUT2D eigenvalue weighted by Crippen LogP contribution is -2.12. The van der Waals surface area contributed by atoms with E-state index in [-0.39, 0.29) is 0 Å². The molecule has 78 valence electrons. The molecular formula is C15H13N. The van der Waals surface area contributed by atoms with Gasteiger partial charge in [-0.25, -0.2) is 0 Å². The molecule has 2 aromatic carbocycles. The van der Waals surface area contributed by atoms with E-state index in [1.807, 2.05) is 6.07 Å². The van der Waals surface area contributed by atoms with Gasteiger partial charge >= 0.3 is 0 Å². The minimum Gasteiger partial charge on any atom is -0.284 e. The molecule has 2 aromatic rings. The molecule has 0 saturated carbocycles. The Morgan fingerprint density at radius 3 is 2.25 bits per heavy atom. The lowest BCUT2D eigenvalue weighted by molar-refractivity contribution is 0.988. The van der Waals surface area contributed by atoms with Crippen molar-refractivity contribution in [2.45, 2.75) is 13.0 Å². The minimum atomic E-state index is 0.820. The van der Waals surface area contributed by atoms with Crippen LogP contribution in [0.15, 0.2) is 59.6 Å². The smallest absolute Gasteiger partial charge is 0.0646 e. The summed E-state index contributed by atoms with van der Waals surface area (Å²) in [5, 5.41) is 0. The van der Waals surface area contributed by atoms with Crippen molar-refractivity contribution in [1.82, 2.24) is 0 Å². The molecule has 16 heavy (non-hydrogen) atoms. The molecule has 0 aromatic heterocycles. The maximum Gasteiger partial charge on any atom is 0.0646 e. The molecule has 0 radical (unpaired) electrons. The number of rotatable bonds is 1. The Hall–Kier alpha value is -1.89. The highest BCUT2D eigenvalue weighted by atomic mass is 14.7. The maximum atomic E-state index is 4.66. The van der Waals surface area contributed by atoms with Crippen LogP contribution in [0.5, 0.6) is 0 Å². The average molecular weight is 207 g/mol. The zero-order chi connectivity index (χ0) is 10.8. The van der Waals surface area contributed by atoms with Crippen molar-refractivity contribution in [2.75, 3.05) is 0 Å². The zero-order valence-electron chi connectivity index (χ0n) is 9.06. The molecule has 1 heterocycles. The first-order chi connectivity index (χ1) is 7.93. The van der Waals surface area contributed by atoms with Gasteiger partial charge < -0.3 is 0 Å². The van der Waals surface area contributed by atoms with Gasteiger partial charge in [-0.3, -0.25) is 4.99 Å². The number of nitrogens with zero attached hydrogens (tertiary/aromatic N) is 1. The van der Waals surface area contributed by atoms with Crippen LogP contribution in [0.4, 0.5) is 0 Å². The highest BCUT2D eigenvalue weighted by molar-refractivity contribution is 6.02. The number of benzene rings is 2. The quantitative estimate of drug-likeness (QED) is 0.680. The Balaban J connectivity index is 1.95. The molecule has 0 amide bonds. The second kappa shape index (κ2) is 3.93. The monoisotopic (exact) mass is 207 g/mol. The maximum absolute atomic E-state index is 4.66. The summed E-state index contributed by atoms with van der Waals surface area (Å²) in [5.74, 6) is 0. The lowest BCUT2D eigenvalue weighted by Gasteiger charge is -2.16. The van der Waals surface area contributed by atoms with Crippen molar-refractivity contribution in [3.8, 4) is 0 Å². The molecule has 0 bridgehead atoms. The van der Waals surface area contributed by atoms with E-state index in [2.05, 4.69) is 53.5 Å². The fourth-order valence-corrected chi connectivity index (χ4v) is 2.12. The predicted octanol–water partition coefficient (Wildman–Crippen LogP) is 3.23. The summed E-state index contributed by atoms with van der Waals surface area (Å²) in [6.07, 6.45) is 0.959. The summed E-state index contributed by atoms with van der Waals surface area (Å²) < 4.78 is 0. The summed E-state index contributed by atoms with van der Waals surface area (Å²) in [5.41, 5.74) is 5.23. The van der Waals surface area contributed by atoms with Crippen LogP contribution in [-0.2, 0) is 13.0 Å². The second-order valence-corrected chi connectivity index (χ2v) is 4.07. The molecule has 0 N–H and O–H groups in total. The van der Waals surface area contributed by atoms with Crippen molar-refractivity contribution >= 4 is 5.71 Å². The molecular weight excluding hydrogens is 194 g/mol. The molecule has 0 unspecified atom stereocenters. The summed E-state index contributed by atoms with van der Waals surface area (Å²) in [7, 11) is 0. The van der Waals surface area contributed by atoms with Crippen LogP contribution in [0, 0.1) is 0 Å². The van der Waals surface area contributed by atoms with Gasteiger partial charge in [0, 0.05) is 12.1 Å². The van der Waals surface area contributed by atoms with Gasteiger partial charge in [-0.2, -0.15) is 0 Å². The van der Waals surface area contributed by atoms with E-state index in [1.54, 1.807) is 0 Å². The van der Waals surface area contributed by atoms with Gasteiger partial charge in [0.2, 0.25) is 0 Å². The first-order valence-corrected chi connectivity index (χ1v) is 5.59. The van der Waals surface area contributed by atoms with Crippen LogP contribution >= 0.6 is 0 Å². The van der Waals surface area contributed by atoms with Gasteiger partial charge in [0.15, 0.2) is 0 Å². The molecule has 1 aliphatic heterocycles. The van der Waals surface area contributed by atoms with Gasteiger partial charge in [0.25, 0.3) is 0 Å². The Morgan fingerprint density at radius 2 is 1.44 bits per heavy atom. The fraction of sp³-hybridized carbons (Fsp3) is 0.133. The Morgan fingerprint density at radius 1 is 0.750 bits per heavy atom. The van der Waals surface area contributed by atoms with E-state index >= 15 is 0 Å². The van der Waals surface area contributed by atoms with E-state index in [9.17, 15) is 0 Å². The van der Waals surface area contributed by atoms with Crippen LogP contribution < -0.4 is 0 Å². The largest absolute Gasteiger partial charge is 0.284 e. The fourth-order valence-electron chi connectivity index (χ4n) is 2.12. The number of hydrogen-bond donors (Lipinski definition) is 0. The van der Waals surface area contributed by atoms with E-state index in [1.165, 1.54) is 22.4 Å². The van der Waals surface area contributed by atoms with Crippen LogP contribution in [0.2, 0.25) is 0 Å². The summed E-state index contributed by atoms with van der Waals surface area (Å²) in [6.45, 7) is 0.820. The molecule has 1 nitrogen and oxygen atoms in total. The normalized spacial score (nSPS) is 14.1. The Kier molecular flexibility index (Phi) is 2.30. The highest BCUT2D eigenvalue weighted by Crippen LogP contribution is 2.19. The van der Waals surface area contributed by atoms with Crippen LogP contribution in [0.1, 0.15) is 16.7 Å². The van der Waals surface area contributed by atoms with Crippen LogP contribution in [0.3, 0.4) is 0 Å². The topological polar surface area (TPSA) is 12.4 Å². The summed E-state index contributed by atoms with van der Waals surface area (Å²) in [6, 6.07) is 19.0. The highest BCUT2D eigenvalue weighted by Gasteiger charge is 2.12. The van der Waals surface area contributed by atoms with Gasteiger partial charge in [0.05, 0.1) is 6.54 Å². The third kappa shape index (κ3) is 1.65. The van der Waals surface area contributed by atoms with Gasteiger partial charge in [-0.05, 0) is 16.7 Å². The molecule has 1 heteroatoms. The number of fused-ring (bicyclic) bond motifs is 1. The van der Waals surface area contributed by atoms with Crippen LogP contribution in [0.25, 0.3) is 0 Å². The molecule has 0 saturated heterocycles. The first-order valence-electron chi connectivity index (χ1n) is 5.59. The third-order valence-corrected chi connectivity index (χ3v) is 3.02. The molecule has 0 aliphatic carbocycles. The lowest BCUT2D eigenvalue weighted by atomic mass is 9.95. The van der Waals surface area contributed by atoms with Crippen molar-refractivity contribution in [2.24, 2.45) is 4.99 Å². The molecule has 3 rings (SSSR count). The van der Waals surface area contributed by atoms with Gasteiger partial charge in [-0.1, -0.05) is 54.6 Å².